The minimum atomic E-state index is -1.55. The molecule has 0 saturated carbocycles. The lowest BCUT2D eigenvalue weighted by Gasteiger charge is -2.34. The molecule has 0 unspecified atom stereocenters. The molecule has 6 rings (SSSR count). The highest BCUT2D eigenvalue weighted by molar-refractivity contribution is 5.94. The number of aliphatic hydroxyl groups excluding tert-OH is 1. The summed E-state index contributed by atoms with van der Waals surface area (Å²) in [6.45, 7) is 1.49. The second kappa shape index (κ2) is 20.4. The number of carboxylic acid groups (broad SMARTS) is 1. The number of nitrogens with one attached hydrogen (secondary N) is 6. The maximum Gasteiger partial charge on any atom is 0.331 e. The average Bonchev–Trinajstić information content (AvgIpc) is 3.85. The normalized spacial score (nSPS) is 17.6. The van der Waals surface area contributed by atoms with E-state index in [2.05, 4.69) is 31.2 Å². The first kappa shape index (κ1) is 45.8. The Bertz CT molecular complexity index is 2640. The fourth-order valence-electron chi connectivity index (χ4n) is 7.30. The number of para-hydroxylation sites is 1. The number of aromatic nitrogens is 3. The molecule has 2 aromatic heterocycles. The van der Waals surface area contributed by atoms with Gasteiger partial charge in [0.05, 0.1) is 12.1 Å². The Morgan fingerprint density at radius 3 is 2.33 bits per heavy atom. The number of hydrogen-bond acceptors (Lipinski definition) is 11. The van der Waals surface area contributed by atoms with Crippen molar-refractivity contribution >= 4 is 40.6 Å². The number of likely N-dealkylation sites (N-methyl/N-ethyl adjacent to an activating group) is 1. The first-order valence-electron chi connectivity index (χ1n) is 20.2. The van der Waals surface area contributed by atoms with Gasteiger partial charge in [0, 0.05) is 61.9 Å². The van der Waals surface area contributed by atoms with E-state index in [4.69, 9.17) is 10.5 Å². The number of carbonyl (C=O) groups excluding carboxylic acids is 4. The van der Waals surface area contributed by atoms with E-state index in [9.17, 15) is 48.9 Å². The fourth-order valence-corrected chi connectivity index (χ4v) is 7.30. The summed E-state index contributed by atoms with van der Waals surface area (Å²) >= 11 is 0. The number of aliphatic hydroxyl groups is 1. The van der Waals surface area contributed by atoms with Crippen LogP contribution in [0.4, 0.5) is 4.79 Å². The van der Waals surface area contributed by atoms with Crippen molar-refractivity contribution in [3.8, 4) is 5.75 Å². The van der Waals surface area contributed by atoms with Crippen LogP contribution in [-0.4, -0.2) is 108 Å². The predicted octanol–water partition coefficient (Wildman–Crippen LogP) is 0.469. The molecular weight excluding hydrogens is 831 g/mol. The van der Waals surface area contributed by atoms with Gasteiger partial charge in [-0.15, -0.1) is 0 Å². The summed E-state index contributed by atoms with van der Waals surface area (Å²) in [5.74, 6) is -3.69. The van der Waals surface area contributed by atoms with E-state index in [-0.39, 0.29) is 37.2 Å². The van der Waals surface area contributed by atoms with Gasteiger partial charge in [-0.1, -0.05) is 60.7 Å². The van der Waals surface area contributed by atoms with Gasteiger partial charge >= 0.3 is 17.7 Å². The quantitative estimate of drug-likeness (QED) is 0.0610. The van der Waals surface area contributed by atoms with Gasteiger partial charge in [0.25, 0.3) is 5.56 Å². The number of carbonyl (C=O) groups is 5. The lowest BCUT2D eigenvalue weighted by atomic mass is 10.0. The van der Waals surface area contributed by atoms with E-state index in [0.717, 1.165) is 33.9 Å². The third-order valence-electron chi connectivity index (χ3n) is 10.8. The zero-order chi connectivity index (χ0) is 46.1. The summed E-state index contributed by atoms with van der Waals surface area (Å²) in [6.07, 6.45) is 1.07. The number of carboxylic acids is 1. The predicted molar refractivity (Wildman–Crippen MR) is 231 cm³/mol. The molecule has 1 saturated heterocycles. The molecule has 1 aliphatic rings. The van der Waals surface area contributed by atoms with E-state index in [1.165, 1.54) is 31.0 Å². The van der Waals surface area contributed by atoms with Crippen molar-refractivity contribution < 1.29 is 44.0 Å². The van der Waals surface area contributed by atoms with E-state index in [1.54, 1.807) is 54.7 Å². The fraction of sp³-hybridized carbons (Fsp3) is 0.295. The minimum Gasteiger partial charge on any atom is -0.508 e. The standard InChI is InChI=1S/C44H49N9O11/c1-24(52(2)40(59)31(45)18-26-11-8-12-28(54)17-26)37(39(58)47-23-29-21-35(55)41(64-29)53-16-15-36(56)50-44(53)63)51-38(57)33(19-25-9-4-3-5-10-25)48-43(62)49-34(42(60)61)20-27-22-46-32-14-7-6-13-30(27)32/h3-17,22-24,31,33-35,37,41,46,54-55H,18-21,45H2,1-2H3,(H,47,58)(H,51,57)(H,60,61)(H2,48,49,62)(H,50,56,63)/b29-23-/t24-,31-,33-,34-,35+,37-,41+/m0/s1. The van der Waals surface area contributed by atoms with Gasteiger partial charge in [0.15, 0.2) is 0 Å². The van der Waals surface area contributed by atoms with E-state index >= 15 is 0 Å². The molecule has 20 heteroatoms. The molecule has 20 nitrogen and oxygen atoms in total. The van der Waals surface area contributed by atoms with Crippen molar-refractivity contribution in [1.82, 2.24) is 40.7 Å². The highest BCUT2D eigenvalue weighted by Gasteiger charge is 2.37. The number of benzene rings is 3. The highest BCUT2D eigenvalue weighted by atomic mass is 16.5. The Labute approximate surface area is 365 Å². The molecule has 0 radical (unpaired) electrons. The van der Waals surface area contributed by atoms with Crippen LogP contribution >= 0.6 is 0 Å². The Morgan fingerprint density at radius 1 is 0.906 bits per heavy atom. The SMILES string of the molecule is C[C@@H]([C@H](NC(=O)[C@H](Cc1ccccc1)NC(=O)N[C@@H](Cc1c[nH]c2ccccc12)C(=O)O)C(=O)N/C=C1/C[C@@H](O)[C@H](n2ccc(=O)[nH]c2=O)O1)N(C)C(=O)[C@@H](N)Cc1cccc(O)c1. The maximum atomic E-state index is 14.3. The summed E-state index contributed by atoms with van der Waals surface area (Å²) in [5.41, 5.74) is 7.41. The number of nitrogens with two attached hydrogens (primary N) is 1. The number of fused-ring (bicyclic) bond motifs is 1. The molecule has 5 aromatic rings. The summed E-state index contributed by atoms with van der Waals surface area (Å²) in [6, 6.07) is 15.5. The van der Waals surface area contributed by atoms with Gasteiger partial charge in [-0.25, -0.2) is 14.4 Å². The first-order chi connectivity index (χ1) is 30.6. The lowest BCUT2D eigenvalue weighted by Crippen LogP contribution is -2.62. The summed E-state index contributed by atoms with van der Waals surface area (Å²) in [5, 5.41) is 41.7. The molecule has 1 aliphatic heterocycles. The number of amides is 5. The number of H-pyrrole nitrogens is 2. The van der Waals surface area contributed by atoms with Gasteiger partial charge in [-0.05, 0) is 48.2 Å². The van der Waals surface area contributed by atoms with Crippen LogP contribution in [0.2, 0.25) is 0 Å². The van der Waals surface area contributed by atoms with Gasteiger partial charge in [0.1, 0.15) is 35.7 Å². The van der Waals surface area contributed by atoms with Crippen molar-refractivity contribution in [2.45, 2.75) is 75.1 Å². The van der Waals surface area contributed by atoms with Gasteiger partial charge < -0.3 is 56.9 Å². The average molecular weight is 880 g/mol. The molecule has 3 aromatic carbocycles. The minimum absolute atomic E-state index is 0.0225. The van der Waals surface area contributed by atoms with Gasteiger partial charge in [-0.3, -0.25) is 28.7 Å². The number of aromatic amines is 2. The second-order valence-corrected chi connectivity index (χ2v) is 15.4. The summed E-state index contributed by atoms with van der Waals surface area (Å²) in [4.78, 5) is 98.5. The largest absolute Gasteiger partial charge is 0.508 e. The summed E-state index contributed by atoms with van der Waals surface area (Å²) in [7, 11) is 1.39. The van der Waals surface area contributed by atoms with Crippen LogP contribution < -0.4 is 38.2 Å². The molecule has 0 aliphatic carbocycles. The molecule has 0 spiro atoms. The Kier molecular flexibility index (Phi) is 14.6. The Balaban J connectivity index is 1.23. The number of hydrogen-bond donors (Lipinski definition) is 10. The number of nitrogens with zero attached hydrogens (tertiary/aromatic N) is 2. The Hall–Kier alpha value is -7.71. The van der Waals surface area contributed by atoms with E-state index in [1.807, 2.05) is 18.2 Å². The molecule has 11 N–H and O–H groups in total. The third kappa shape index (κ3) is 11.4. The maximum absolute atomic E-state index is 14.3. The van der Waals surface area contributed by atoms with Crippen molar-refractivity contribution in [2.75, 3.05) is 7.05 Å². The van der Waals surface area contributed by atoms with Crippen LogP contribution in [0.15, 0.2) is 119 Å². The van der Waals surface area contributed by atoms with Crippen molar-refractivity contribution in [1.29, 1.82) is 0 Å². The van der Waals surface area contributed by atoms with Crippen molar-refractivity contribution in [3.63, 3.8) is 0 Å². The topological polar surface area (TPSA) is 303 Å². The van der Waals surface area contributed by atoms with Crippen LogP contribution in [-0.2, 0) is 43.2 Å². The second-order valence-electron chi connectivity index (χ2n) is 15.4. The number of aliphatic carboxylic acids is 1. The molecule has 1 fully saturated rings. The smallest absolute Gasteiger partial charge is 0.331 e. The highest BCUT2D eigenvalue weighted by Crippen LogP contribution is 2.30. The number of urea groups is 1. The molecular formula is C44H49N9O11. The van der Waals surface area contributed by atoms with Crippen LogP contribution in [0.25, 0.3) is 10.9 Å². The number of phenols is 1. The van der Waals surface area contributed by atoms with E-state index < -0.39 is 83.5 Å². The molecule has 64 heavy (non-hydrogen) atoms. The molecule has 0 bridgehead atoms. The van der Waals surface area contributed by atoms with Crippen LogP contribution in [0, 0.1) is 0 Å². The van der Waals surface area contributed by atoms with Crippen molar-refractivity contribution in [2.24, 2.45) is 5.73 Å². The number of phenolic OH excluding ortho intramolecular Hbond substituents is 1. The molecule has 7 atom stereocenters. The van der Waals surface area contributed by atoms with Crippen LogP contribution in [0.1, 0.15) is 36.3 Å². The van der Waals surface area contributed by atoms with Crippen LogP contribution in [0.3, 0.4) is 0 Å². The molecule has 3 heterocycles. The summed E-state index contributed by atoms with van der Waals surface area (Å²) < 4.78 is 6.71. The lowest BCUT2D eigenvalue weighted by molar-refractivity contribution is -0.139. The first-order valence-corrected chi connectivity index (χ1v) is 20.2. The number of ether oxygens (including phenoxy) is 1. The number of rotatable bonds is 17. The van der Waals surface area contributed by atoms with Crippen LogP contribution in [0.5, 0.6) is 5.75 Å². The van der Waals surface area contributed by atoms with Gasteiger partial charge in [-0.2, -0.15) is 0 Å². The van der Waals surface area contributed by atoms with Gasteiger partial charge in [0.2, 0.25) is 23.9 Å². The zero-order valence-corrected chi connectivity index (χ0v) is 34.8. The zero-order valence-electron chi connectivity index (χ0n) is 34.8. The molecule has 5 amide bonds. The molecule has 336 valence electrons. The Morgan fingerprint density at radius 2 is 1.61 bits per heavy atom. The third-order valence-corrected chi connectivity index (χ3v) is 10.8. The van der Waals surface area contributed by atoms with E-state index in [0.29, 0.717) is 16.7 Å². The number of aromatic hydroxyl groups is 1. The van der Waals surface area contributed by atoms with Crippen molar-refractivity contribution in [3.05, 3.63) is 147 Å². The monoisotopic (exact) mass is 879 g/mol.